The average molecular weight is 546 g/mol. The molecule has 0 radical (unpaired) electrons. The van der Waals surface area contributed by atoms with Crippen molar-refractivity contribution in [3.8, 4) is 6.07 Å². The number of thiocarbonyl (C=S) groups is 1. The maximum absolute atomic E-state index is 13.0. The summed E-state index contributed by atoms with van der Waals surface area (Å²) in [4.78, 5) is 24.1. The first-order chi connectivity index (χ1) is 16.6. The molecule has 0 aromatic carbocycles. The Labute approximate surface area is 227 Å². The second-order valence-corrected chi connectivity index (χ2v) is 13.6. The first-order valence-electron chi connectivity index (χ1n) is 13.3. The fourth-order valence-electron chi connectivity index (χ4n) is 3.88. The molecule has 5 nitrogen and oxygen atoms in total. The third-order valence-corrected chi connectivity index (χ3v) is 8.94. The molecule has 0 spiro atoms. The summed E-state index contributed by atoms with van der Waals surface area (Å²) in [6.45, 7) is 8.10. The Kier molecular flexibility index (Phi) is 19.8. The highest BCUT2D eigenvalue weighted by atomic mass is 32.2. The van der Waals surface area contributed by atoms with Crippen LogP contribution in [0.3, 0.4) is 0 Å². The highest BCUT2D eigenvalue weighted by molar-refractivity contribution is 8.47. The van der Waals surface area contributed by atoms with Gasteiger partial charge in [-0.1, -0.05) is 102 Å². The van der Waals surface area contributed by atoms with Gasteiger partial charge >= 0.3 is 11.9 Å². The van der Waals surface area contributed by atoms with Crippen molar-refractivity contribution in [2.45, 2.75) is 129 Å². The molecule has 0 aliphatic rings. The van der Waals surface area contributed by atoms with E-state index >= 15 is 0 Å². The van der Waals surface area contributed by atoms with Crippen LogP contribution in [0.4, 0.5) is 0 Å². The summed E-state index contributed by atoms with van der Waals surface area (Å²) in [5.41, 5.74) is -0.958. The molecule has 35 heavy (non-hydrogen) atoms. The number of carboxylic acids is 1. The molecule has 0 amide bonds. The Bertz CT molecular complexity index is 667. The summed E-state index contributed by atoms with van der Waals surface area (Å²) in [7, 11) is 0. The number of unbranched alkanes of at least 4 members (excludes halogenated alkanes) is 10. The van der Waals surface area contributed by atoms with E-state index in [9.17, 15) is 14.9 Å². The zero-order valence-corrected chi connectivity index (χ0v) is 24.8. The number of nitrogens with zero attached hydrogens (tertiary/aromatic N) is 1. The van der Waals surface area contributed by atoms with Crippen LogP contribution in [-0.4, -0.2) is 37.7 Å². The molecule has 0 saturated carbocycles. The molecule has 0 aliphatic carbocycles. The van der Waals surface area contributed by atoms with Crippen LogP contribution < -0.4 is 0 Å². The number of hydrogen-bond acceptors (Lipinski definition) is 7. The van der Waals surface area contributed by atoms with Gasteiger partial charge in [0.05, 0.1) is 18.1 Å². The molecule has 0 heterocycles. The molecule has 1 N–H and O–H groups in total. The number of carbonyl (C=O) groups excluding carboxylic acids is 1. The zero-order chi connectivity index (χ0) is 26.6. The summed E-state index contributed by atoms with van der Waals surface area (Å²) < 4.78 is 5.17. The molecule has 0 fully saturated rings. The minimum Gasteiger partial charge on any atom is -0.481 e. The smallest absolute Gasteiger partial charge is 0.322 e. The van der Waals surface area contributed by atoms with E-state index < -0.39 is 16.1 Å². The van der Waals surface area contributed by atoms with Crippen LogP contribution in [0, 0.1) is 16.7 Å². The lowest BCUT2D eigenvalue weighted by Crippen LogP contribution is -2.40. The molecule has 0 rings (SSSR count). The van der Waals surface area contributed by atoms with E-state index in [1.807, 2.05) is 6.92 Å². The minimum atomic E-state index is -1.03. The van der Waals surface area contributed by atoms with Crippen molar-refractivity contribution in [2.75, 3.05) is 12.4 Å². The van der Waals surface area contributed by atoms with Gasteiger partial charge in [-0.3, -0.25) is 9.59 Å². The summed E-state index contributed by atoms with van der Waals surface area (Å²) >= 11 is 8.48. The summed E-state index contributed by atoms with van der Waals surface area (Å²) in [6.07, 6.45) is 14.8. The number of aliphatic carboxylic acids is 1. The van der Waals surface area contributed by atoms with Gasteiger partial charge in [0.15, 0.2) is 0 Å². The number of carboxylic acid groups (broad SMARTS) is 1. The van der Waals surface area contributed by atoms with Crippen molar-refractivity contribution >= 4 is 51.2 Å². The topological polar surface area (TPSA) is 87.4 Å². The number of carbonyl (C=O) groups is 2. The standard InChI is InChI=1S/C27H47NO4S3/c1-5-7-9-10-11-12-13-14-15-16-20-34-25(33)35-27(4,24(31)32-19-8-6-2)21-26(3,22-28)18-17-23(29)30/h5-21H2,1-4H3,(H,29,30). The number of rotatable bonds is 21. The van der Waals surface area contributed by atoms with Crippen molar-refractivity contribution in [2.24, 2.45) is 5.41 Å². The zero-order valence-electron chi connectivity index (χ0n) is 22.4. The van der Waals surface area contributed by atoms with Crippen molar-refractivity contribution in [3.05, 3.63) is 0 Å². The quantitative estimate of drug-likeness (QED) is 0.0872. The van der Waals surface area contributed by atoms with E-state index in [-0.39, 0.29) is 25.2 Å². The minimum absolute atomic E-state index is 0.117. The number of hydrogen-bond donors (Lipinski definition) is 1. The van der Waals surface area contributed by atoms with E-state index in [4.69, 9.17) is 22.1 Å². The van der Waals surface area contributed by atoms with Crippen molar-refractivity contribution in [1.82, 2.24) is 0 Å². The second kappa shape index (κ2) is 20.3. The molecule has 0 aromatic rings. The van der Waals surface area contributed by atoms with Gasteiger partial charge in [-0.25, -0.2) is 0 Å². The van der Waals surface area contributed by atoms with E-state index in [0.29, 0.717) is 10.1 Å². The van der Waals surface area contributed by atoms with Gasteiger partial charge in [0.25, 0.3) is 0 Å². The van der Waals surface area contributed by atoms with E-state index in [1.165, 1.54) is 69.5 Å². The number of ether oxygens (including phenoxy) is 1. The fraction of sp³-hybridized carbons (Fsp3) is 0.852. The third kappa shape index (κ3) is 17.3. The monoisotopic (exact) mass is 545 g/mol. The van der Waals surface area contributed by atoms with Crippen molar-refractivity contribution in [3.63, 3.8) is 0 Å². The van der Waals surface area contributed by atoms with Crippen LogP contribution in [0.1, 0.15) is 124 Å². The lowest BCUT2D eigenvalue weighted by Gasteiger charge is -2.33. The van der Waals surface area contributed by atoms with Gasteiger partial charge < -0.3 is 9.84 Å². The average Bonchev–Trinajstić information content (AvgIpc) is 2.81. The van der Waals surface area contributed by atoms with Gasteiger partial charge in [-0.15, -0.1) is 11.8 Å². The Morgan fingerprint density at radius 1 is 0.943 bits per heavy atom. The van der Waals surface area contributed by atoms with Gasteiger partial charge in [0, 0.05) is 6.42 Å². The van der Waals surface area contributed by atoms with Crippen molar-refractivity contribution in [1.29, 1.82) is 5.26 Å². The SMILES string of the molecule is CCCCCCCCCCCCSC(=S)SC(C)(CC(C)(C#N)CCC(=O)O)C(=O)OCCCC. The molecule has 202 valence electrons. The molecule has 8 heteroatoms. The van der Waals surface area contributed by atoms with Gasteiger partial charge in [0.2, 0.25) is 0 Å². The first kappa shape index (κ1) is 34.2. The fourth-order valence-corrected chi connectivity index (χ4v) is 7.14. The van der Waals surface area contributed by atoms with Crippen LogP contribution >= 0.6 is 35.7 Å². The second-order valence-electron chi connectivity index (χ2n) is 9.85. The maximum atomic E-state index is 13.0. The highest BCUT2D eigenvalue weighted by Gasteiger charge is 2.44. The van der Waals surface area contributed by atoms with Gasteiger partial charge in [-0.05, 0) is 45.3 Å². The normalized spacial score (nSPS) is 14.5. The molecule has 0 bridgehead atoms. The van der Waals surface area contributed by atoms with Crippen molar-refractivity contribution < 1.29 is 19.4 Å². The van der Waals surface area contributed by atoms with E-state index in [1.54, 1.807) is 25.6 Å². The molecule has 0 saturated heterocycles. The summed E-state index contributed by atoms with van der Waals surface area (Å²) in [5, 5.41) is 18.8. The van der Waals surface area contributed by atoms with Gasteiger partial charge in [0.1, 0.15) is 8.28 Å². The Balaban J connectivity index is 4.69. The molecular weight excluding hydrogens is 499 g/mol. The lowest BCUT2D eigenvalue weighted by molar-refractivity contribution is -0.147. The number of nitriles is 1. The van der Waals surface area contributed by atoms with Crippen LogP contribution in [0.5, 0.6) is 0 Å². The largest absolute Gasteiger partial charge is 0.481 e. The predicted molar refractivity (Wildman–Crippen MR) is 154 cm³/mol. The lowest BCUT2D eigenvalue weighted by atomic mass is 9.78. The van der Waals surface area contributed by atoms with Crippen LogP contribution in [-0.2, 0) is 14.3 Å². The number of thioether (sulfide) groups is 2. The molecule has 0 aliphatic heterocycles. The first-order valence-corrected chi connectivity index (χ1v) is 15.5. The van der Waals surface area contributed by atoms with E-state index in [2.05, 4.69) is 13.0 Å². The summed E-state index contributed by atoms with van der Waals surface area (Å²) in [5.74, 6) is -0.416. The maximum Gasteiger partial charge on any atom is 0.322 e. The van der Waals surface area contributed by atoms with Crippen LogP contribution in [0.15, 0.2) is 0 Å². The van der Waals surface area contributed by atoms with Crippen LogP contribution in [0.2, 0.25) is 0 Å². The Hall–Kier alpha value is -0.780. The third-order valence-electron chi connectivity index (χ3n) is 6.08. The van der Waals surface area contributed by atoms with Crippen LogP contribution in [0.25, 0.3) is 0 Å². The Morgan fingerprint density at radius 3 is 2.00 bits per heavy atom. The molecule has 0 aromatic heterocycles. The Morgan fingerprint density at radius 2 is 1.49 bits per heavy atom. The summed E-state index contributed by atoms with van der Waals surface area (Å²) in [6, 6.07) is 2.24. The predicted octanol–water partition coefficient (Wildman–Crippen LogP) is 8.55. The highest BCUT2D eigenvalue weighted by Crippen LogP contribution is 2.43. The van der Waals surface area contributed by atoms with E-state index in [0.717, 1.165) is 25.0 Å². The molecular formula is C27H47NO4S3. The molecule has 2 unspecified atom stereocenters. The van der Waals surface area contributed by atoms with Gasteiger partial charge in [-0.2, -0.15) is 5.26 Å². The molecule has 2 atom stereocenters. The number of esters is 1.